The first-order valence-corrected chi connectivity index (χ1v) is 10.2. The highest BCUT2D eigenvalue weighted by atomic mass is 32.2. The normalized spacial score (nSPS) is 11.2. The van der Waals surface area contributed by atoms with Crippen LogP contribution in [-0.4, -0.2) is 20.6 Å². The number of thiophene rings is 1. The zero-order valence-electron chi connectivity index (χ0n) is 13.4. The van der Waals surface area contributed by atoms with Crippen LogP contribution < -0.4 is 11.1 Å². The number of anilines is 2. The van der Waals surface area contributed by atoms with Crippen molar-refractivity contribution in [3.63, 3.8) is 0 Å². The molecule has 1 amide bonds. The van der Waals surface area contributed by atoms with Gasteiger partial charge in [-0.2, -0.15) is 11.3 Å². The Labute approximate surface area is 150 Å². The summed E-state index contributed by atoms with van der Waals surface area (Å²) >= 11 is 1.59. The van der Waals surface area contributed by atoms with Crippen molar-refractivity contribution in [1.82, 2.24) is 0 Å². The topological polar surface area (TPSA) is 89.3 Å². The second-order valence-electron chi connectivity index (χ2n) is 5.56. The van der Waals surface area contributed by atoms with Crippen molar-refractivity contribution in [1.29, 1.82) is 0 Å². The largest absolute Gasteiger partial charge is 0.397 e. The summed E-state index contributed by atoms with van der Waals surface area (Å²) in [5.74, 6) is -0.353. The first kappa shape index (κ1) is 17.2. The molecule has 0 spiro atoms. The zero-order valence-corrected chi connectivity index (χ0v) is 15.0. The molecule has 0 radical (unpaired) electrons. The van der Waals surface area contributed by atoms with Gasteiger partial charge in [0.05, 0.1) is 16.3 Å². The quantitative estimate of drug-likeness (QED) is 0.684. The molecule has 0 bridgehead atoms. The molecule has 0 aliphatic carbocycles. The molecule has 0 aliphatic heterocycles. The number of amides is 1. The average Bonchev–Trinajstić information content (AvgIpc) is 3.10. The summed E-state index contributed by atoms with van der Waals surface area (Å²) in [4.78, 5) is 12.6. The second kappa shape index (κ2) is 6.70. The predicted molar refractivity (Wildman–Crippen MR) is 102 cm³/mol. The first-order valence-electron chi connectivity index (χ1n) is 7.38. The van der Waals surface area contributed by atoms with Gasteiger partial charge in [-0.1, -0.05) is 6.07 Å². The van der Waals surface area contributed by atoms with E-state index in [4.69, 9.17) is 5.73 Å². The molecule has 5 nitrogen and oxygen atoms in total. The minimum Gasteiger partial charge on any atom is -0.397 e. The fourth-order valence-electron chi connectivity index (χ4n) is 2.32. The molecule has 3 aromatic rings. The summed E-state index contributed by atoms with van der Waals surface area (Å²) in [6.07, 6.45) is 1.12. The maximum atomic E-state index is 12.4. The molecule has 0 saturated carbocycles. The van der Waals surface area contributed by atoms with Crippen molar-refractivity contribution in [2.45, 2.75) is 4.90 Å². The van der Waals surface area contributed by atoms with Crippen LogP contribution in [0.4, 0.5) is 11.4 Å². The highest BCUT2D eigenvalue weighted by Gasteiger charge is 2.12. The Kier molecular flexibility index (Phi) is 4.61. The molecule has 0 fully saturated rings. The number of benzene rings is 2. The summed E-state index contributed by atoms with van der Waals surface area (Å²) in [6, 6.07) is 13.2. The number of carbonyl (C=O) groups is 1. The van der Waals surface area contributed by atoms with Gasteiger partial charge in [0.2, 0.25) is 0 Å². The summed E-state index contributed by atoms with van der Waals surface area (Å²) in [6.45, 7) is 0. The maximum Gasteiger partial charge on any atom is 0.255 e. The van der Waals surface area contributed by atoms with Crippen LogP contribution in [0.1, 0.15) is 10.4 Å². The van der Waals surface area contributed by atoms with Gasteiger partial charge in [-0.15, -0.1) is 0 Å². The van der Waals surface area contributed by atoms with Gasteiger partial charge >= 0.3 is 0 Å². The lowest BCUT2D eigenvalue weighted by Crippen LogP contribution is -2.13. The summed E-state index contributed by atoms with van der Waals surface area (Å²) in [5.41, 5.74) is 9.30. The number of sulfone groups is 1. The van der Waals surface area contributed by atoms with E-state index >= 15 is 0 Å². The van der Waals surface area contributed by atoms with Crippen molar-refractivity contribution < 1.29 is 13.2 Å². The number of nitrogen functional groups attached to an aromatic ring is 1. The highest BCUT2D eigenvalue weighted by molar-refractivity contribution is 7.90. The molecule has 0 atom stereocenters. The summed E-state index contributed by atoms with van der Waals surface area (Å²) in [5, 5.41) is 6.77. The van der Waals surface area contributed by atoms with Crippen LogP contribution in [-0.2, 0) is 9.84 Å². The van der Waals surface area contributed by atoms with Crippen LogP contribution in [0.2, 0.25) is 0 Å². The molecule has 2 aromatic carbocycles. The molecular formula is C18H16N2O3S2. The Morgan fingerprint density at radius 3 is 2.36 bits per heavy atom. The number of nitrogens with one attached hydrogen (secondary N) is 1. The van der Waals surface area contributed by atoms with E-state index in [0.29, 0.717) is 16.9 Å². The van der Waals surface area contributed by atoms with E-state index in [2.05, 4.69) is 5.32 Å². The second-order valence-corrected chi connectivity index (χ2v) is 8.36. The van der Waals surface area contributed by atoms with Crippen LogP contribution in [0, 0.1) is 0 Å². The Morgan fingerprint density at radius 1 is 1.04 bits per heavy atom. The van der Waals surface area contributed by atoms with Gasteiger partial charge in [0, 0.05) is 11.8 Å². The number of carbonyl (C=O) groups excluding carboxylic acids is 1. The standard InChI is InChI=1S/C18H16N2O3S2/c1-25(22,23)15-5-2-12(3-6-15)18(21)20-17-10-13(4-7-16(17)19)14-8-9-24-11-14/h2-11H,19H2,1H3,(H,20,21). The van der Waals surface area contributed by atoms with Gasteiger partial charge in [-0.3, -0.25) is 4.79 Å². The van der Waals surface area contributed by atoms with Gasteiger partial charge in [-0.05, 0) is 64.4 Å². The van der Waals surface area contributed by atoms with Crippen molar-refractivity contribution >= 4 is 38.5 Å². The third kappa shape index (κ3) is 3.89. The lowest BCUT2D eigenvalue weighted by atomic mass is 10.1. The van der Waals surface area contributed by atoms with E-state index < -0.39 is 9.84 Å². The van der Waals surface area contributed by atoms with Crippen LogP contribution >= 0.6 is 11.3 Å². The van der Waals surface area contributed by atoms with Gasteiger partial charge in [0.25, 0.3) is 5.91 Å². The third-order valence-corrected chi connectivity index (χ3v) is 5.51. The third-order valence-electron chi connectivity index (χ3n) is 3.70. The Hall–Kier alpha value is -2.64. The van der Waals surface area contributed by atoms with E-state index in [1.807, 2.05) is 29.0 Å². The fraction of sp³-hybridized carbons (Fsp3) is 0.0556. The lowest BCUT2D eigenvalue weighted by Gasteiger charge is -2.10. The van der Waals surface area contributed by atoms with Crippen molar-refractivity contribution in [2.24, 2.45) is 0 Å². The maximum absolute atomic E-state index is 12.4. The Bertz CT molecular complexity index is 1010. The number of hydrogen-bond acceptors (Lipinski definition) is 5. The van der Waals surface area contributed by atoms with Crippen molar-refractivity contribution in [2.75, 3.05) is 17.3 Å². The highest BCUT2D eigenvalue weighted by Crippen LogP contribution is 2.29. The minimum absolute atomic E-state index is 0.169. The zero-order chi connectivity index (χ0) is 18.0. The van der Waals surface area contributed by atoms with Gasteiger partial charge in [0.1, 0.15) is 0 Å². The molecule has 0 aliphatic rings. The van der Waals surface area contributed by atoms with E-state index in [0.717, 1.165) is 17.4 Å². The van der Waals surface area contributed by atoms with E-state index in [-0.39, 0.29) is 10.8 Å². The molecular weight excluding hydrogens is 356 g/mol. The molecule has 1 heterocycles. The Balaban J connectivity index is 1.84. The molecule has 7 heteroatoms. The monoisotopic (exact) mass is 372 g/mol. The predicted octanol–water partition coefficient (Wildman–Crippen LogP) is 3.65. The summed E-state index contributed by atoms with van der Waals surface area (Å²) < 4.78 is 23.0. The van der Waals surface area contributed by atoms with Crippen LogP contribution in [0.15, 0.2) is 64.2 Å². The van der Waals surface area contributed by atoms with Crippen LogP contribution in [0.3, 0.4) is 0 Å². The molecule has 3 rings (SSSR count). The van der Waals surface area contributed by atoms with E-state index in [9.17, 15) is 13.2 Å². The van der Waals surface area contributed by atoms with E-state index in [1.54, 1.807) is 17.4 Å². The van der Waals surface area contributed by atoms with Crippen molar-refractivity contribution in [3.8, 4) is 11.1 Å². The van der Waals surface area contributed by atoms with Gasteiger partial charge < -0.3 is 11.1 Å². The lowest BCUT2D eigenvalue weighted by molar-refractivity contribution is 0.102. The number of rotatable bonds is 4. The number of hydrogen-bond donors (Lipinski definition) is 2. The molecule has 3 N–H and O–H groups in total. The van der Waals surface area contributed by atoms with Crippen LogP contribution in [0.25, 0.3) is 11.1 Å². The SMILES string of the molecule is CS(=O)(=O)c1ccc(C(=O)Nc2cc(-c3ccsc3)ccc2N)cc1. The van der Waals surface area contributed by atoms with Gasteiger partial charge in [0.15, 0.2) is 9.84 Å². The molecule has 25 heavy (non-hydrogen) atoms. The van der Waals surface area contributed by atoms with Crippen LogP contribution in [0.5, 0.6) is 0 Å². The number of nitrogens with two attached hydrogens (primary N) is 1. The molecule has 128 valence electrons. The van der Waals surface area contributed by atoms with Gasteiger partial charge in [-0.25, -0.2) is 8.42 Å². The minimum atomic E-state index is -3.29. The fourth-order valence-corrected chi connectivity index (χ4v) is 3.62. The Morgan fingerprint density at radius 2 is 1.76 bits per heavy atom. The smallest absolute Gasteiger partial charge is 0.255 e. The first-order chi connectivity index (χ1) is 11.8. The average molecular weight is 372 g/mol. The molecule has 1 aromatic heterocycles. The molecule has 0 unspecified atom stereocenters. The molecule has 0 saturated heterocycles. The summed E-state index contributed by atoms with van der Waals surface area (Å²) in [7, 11) is -3.29. The van der Waals surface area contributed by atoms with Crippen molar-refractivity contribution in [3.05, 3.63) is 64.9 Å². The van der Waals surface area contributed by atoms with E-state index in [1.165, 1.54) is 24.3 Å².